The van der Waals surface area contributed by atoms with Crippen LogP contribution in [-0.2, 0) is 6.42 Å². The first-order valence-electron chi connectivity index (χ1n) is 10.6. The summed E-state index contributed by atoms with van der Waals surface area (Å²) < 4.78 is 0. The van der Waals surface area contributed by atoms with E-state index in [0.29, 0.717) is 23.2 Å². The molecule has 0 aromatic carbocycles. The SMILES string of the molecule is N=Cc1c(NC2CCCCC2)nc(C2CN(c3nc4c([nH]3)CCC=C4)C2)[nH]c1=O. The highest BCUT2D eigenvalue weighted by molar-refractivity contribution is 5.83. The predicted molar refractivity (Wildman–Crippen MR) is 114 cm³/mol. The zero-order valence-electron chi connectivity index (χ0n) is 16.5. The first kappa shape index (κ1) is 18.1. The summed E-state index contributed by atoms with van der Waals surface area (Å²) in [6.07, 6.45) is 13.3. The van der Waals surface area contributed by atoms with E-state index >= 15 is 0 Å². The van der Waals surface area contributed by atoms with Gasteiger partial charge >= 0.3 is 0 Å². The van der Waals surface area contributed by atoms with E-state index in [2.05, 4.69) is 37.3 Å². The van der Waals surface area contributed by atoms with E-state index in [4.69, 9.17) is 10.4 Å². The lowest BCUT2D eigenvalue weighted by atomic mass is 9.95. The van der Waals surface area contributed by atoms with Crippen molar-refractivity contribution >= 4 is 24.1 Å². The number of aromatic amines is 2. The summed E-state index contributed by atoms with van der Waals surface area (Å²) in [5.41, 5.74) is 2.32. The molecule has 0 unspecified atom stereocenters. The van der Waals surface area contributed by atoms with Gasteiger partial charge in [-0.05, 0) is 31.8 Å². The highest BCUT2D eigenvalue weighted by Gasteiger charge is 2.33. The Hall–Kier alpha value is -2.90. The maximum atomic E-state index is 12.5. The smallest absolute Gasteiger partial charge is 0.261 e. The summed E-state index contributed by atoms with van der Waals surface area (Å²) in [4.78, 5) is 30.5. The number of H-pyrrole nitrogens is 2. The molecule has 8 heteroatoms. The van der Waals surface area contributed by atoms with Gasteiger partial charge in [-0.25, -0.2) is 9.97 Å². The van der Waals surface area contributed by atoms with Gasteiger partial charge in [-0.3, -0.25) is 4.79 Å². The molecule has 2 fully saturated rings. The molecular formula is C21H27N7O. The van der Waals surface area contributed by atoms with E-state index in [9.17, 15) is 4.79 Å². The molecule has 1 saturated carbocycles. The normalized spacial score (nSPS) is 19.7. The van der Waals surface area contributed by atoms with Gasteiger partial charge in [-0.15, -0.1) is 0 Å². The molecule has 152 valence electrons. The number of rotatable bonds is 5. The number of anilines is 2. The molecule has 0 spiro atoms. The van der Waals surface area contributed by atoms with Crippen LogP contribution in [0.5, 0.6) is 0 Å². The highest BCUT2D eigenvalue weighted by Crippen LogP contribution is 2.31. The van der Waals surface area contributed by atoms with Crippen molar-refractivity contribution in [3.05, 3.63) is 39.2 Å². The number of fused-ring (bicyclic) bond motifs is 1. The third-order valence-corrected chi connectivity index (χ3v) is 6.27. The Morgan fingerprint density at radius 3 is 2.76 bits per heavy atom. The molecule has 1 saturated heterocycles. The number of aromatic nitrogens is 4. The monoisotopic (exact) mass is 393 g/mol. The Morgan fingerprint density at radius 2 is 2.00 bits per heavy atom. The number of nitrogens with zero attached hydrogens (tertiary/aromatic N) is 3. The number of allylic oxidation sites excluding steroid dienone is 1. The summed E-state index contributed by atoms with van der Waals surface area (Å²) in [6.45, 7) is 1.54. The summed E-state index contributed by atoms with van der Waals surface area (Å²) in [5.74, 6) is 2.32. The van der Waals surface area contributed by atoms with E-state index in [-0.39, 0.29) is 11.5 Å². The number of hydrogen-bond acceptors (Lipinski definition) is 6. The van der Waals surface area contributed by atoms with Crippen molar-refractivity contribution in [3.8, 4) is 0 Å². The summed E-state index contributed by atoms with van der Waals surface area (Å²) >= 11 is 0. The van der Waals surface area contributed by atoms with Crippen LogP contribution in [0.2, 0.25) is 0 Å². The predicted octanol–water partition coefficient (Wildman–Crippen LogP) is 2.80. The van der Waals surface area contributed by atoms with Crippen molar-refractivity contribution in [2.24, 2.45) is 0 Å². The number of hydrogen-bond donors (Lipinski definition) is 4. The minimum atomic E-state index is -0.236. The fraction of sp³-hybridized carbons (Fsp3) is 0.524. The molecule has 0 amide bonds. The molecule has 2 aromatic rings. The largest absolute Gasteiger partial charge is 0.367 e. The van der Waals surface area contributed by atoms with Crippen LogP contribution in [0.15, 0.2) is 10.9 Å². The van der Waals surface area contributed by atoms with Crippen LogP contribution in [0, 0.1) is 5.41 Å². The van der Waals surface area contributed by atoms with Crippen LogP contribution < -0.4 is 15.8 Å². The van der Waals surface area contributed by atoms with Crippen LogP contribution >= 0.6 is 0 Å². The zero-order chi connectivity index (χ0) is 19.8. The van der Waals surface area contributed by atoms with Crippen molar-refractivity contribution in [3.63, 3.8) is 0 Å². The molecule has 0 atom stereocenters. The maximum absolute atomic E-state index is 12.5. The Balaban J connectivity index is 1.32. The standard InChI is InChI=1S/C21H27N7O/c22-10-15-19(23-14-6-2-1-3-7-14)26-18(27-20(15)29)13-11-28(12-13)21-24-16-8-4-5-9-17(16)25-21/h4,8,10,13-14,22H,1-3,5-7,9,11-12H2,(H,24,25)(H2,23,26,27,29). The maximum Gasteiger partial charge on any atom is 0.261 e. The van der Waals surface area contributed by atoms with Crippen molar-refractivity contribution in [1.82, 2.24) is 19.9 Å². The fourth-order valence-corrected chi connectivity index (χ4v) is 4.51. The lowest BCUT2D eigenvalue weighted by Crippen LogP contribution is -2.47. The molecular weight excluding hydrogens is 366 g/mol. The molecule has 3 heterocycles. The van der Waals surface area contributed by atoms with E-state index < -0.39 is 0 Å². The van der Waals surface area contributed by atoms with Gasteiger partial charge < -0.3 is 25.6 Å². The van der Waals surface area contributed by atoms with Gasteiger partial charge in [0.2, 0.25) is 5.95 Å². The van der Waals surface area contributed by atoms with Gasteiger partial charge in [0.15, 0.2) is 0 Å². The summed E-state index contributed by atoms with van der Waals surface area (Å²) in [5, 5.41) is 11.1. The van der Waals surface area contributed by atoms with Gasteiger partial charge in [0.05, 0.1) is 17.2 Å². The molecule has 2 aromatic heterocycles. The van der Waals surface area contributed by atoms with Crippen LogP contribution in [0.25, 0.3) is 6.08 Å². The van der Waals surface area contributed by atoms with Crippen LogP contribution in [-0.4, -0.2) is 45.3 Å². The average molecular weight is 393 g/mol. The first-order chi connectivity index (χ1) is 14.2. The Bertz CT molecular complexity index is 993. The topological polar surface area (TPSA) is 114 Å². The zero-order valence-corrected chi connectivity index (χ0v) is 16.5. The van der Waals surface area contributed by atoms with Crippen molar-refractivity contribution < 1.29 is 0 Å². The second kappa shape index (κ2) is 7.50. The molecule has 2 aliphatic carbocycles. The lowest BCUT2D eigenvalue weighted by Gasteiger charge is -2.38. The minimum absolute atomic E-state index is 0.159. The van der Waals surface area contributed by atoms with E-state index in [1.165, 1.54) is 25.0 Å². The molecule has 4 N–H and O–H groups in total. The van der Waals surface area contributed by atoms with Gasteiger partial charge in [0, 0.05) is 31.0 Å². The van der Waals surface area contributed by atoms with Gasteiger partial charge in [-0.2, -0.15) is 0 Å². The van der Waals surface area contributed by atoms with Crippen molar-refractivity contribution in [2.75, 3.05) is 23.3 Å². The highest BCUT2D eigenvalue weighted by atomic mass is 16.1. The third-order valence-electron chi connectivity index (χ3n) is 6.27. The third kappa shape index (κ3) is 3.47. The van der Waals surface area contributed by atoms with E-state index in [0.717, 1.165) is 56.6 Å². The molecule has 29 heavy (non-hydrogen) atoms. The Kier molecular flexibility index (Phi) is 4.69. The second-order valence-corrected chi connectivity index (χ2v) is 8.30. The quantitative estimate of drug-likeness (QED) is 0.583. The number of imidazole rings is 1. The summed E-state index contributed by atoms with van der Waals surface area (Å²) in [6, 6.07) is 0.338. The molecule has 0 radical (unpaired) electrons. The lowest BCUT2D eigenvalue weighted by molar-refractivity contribution is 0.460. The number of nitrogens with one attached hydrogen (secondary N) is 4. The van der Waals surface area contributed by atoms with Gasteiger partial charge in [0.1, 0.15) is 11.6 Å². The van der Waals surface area contributed by atoms with Crippen LogP contribution in [0.1, 0.15) is 67.2 Å². The van der Waals surface area contributed by atoms with Gasteiger partial charge in [-0.1, -0.05) is 25.3 Å². The first-order valence-corrected chi connectivity index (χ1v) is 10.6. The van der Waals surface area contributed by atoms with Crippen molar-refractivity contribution in [1.29, 1.82) is 5.41 Å². The fourth-order valence-electron chi connectivity index (χ4n) is 4.51. The summed E-state index contributed by atoms with van der Waals surface area (Å²) in [7, 11) is 0. The molecule has 1 aliphatic heterocycles. The molecule has 3 aliphatic rings. The van der Waals surface area contributed by atoms with E-state index in [1.54, 1.807) is 0 Å². The molecule has 8 nitrogen and oxygen atoms in total. The molecule has 0 bridgehead atoms. The Labute approximate surface area is 169 Å². The van der Waals surface area contributed by atoms with Crippen LogP contribution in [0.4, 0.5) is 11.8 Å². The van der Waals surface area contributed by atoms with E-state index in [1.807, 2.05) is 0 Å². The van der Waals surface area contributed by atoms with Crippen molar-refractivity contribution in [2.45, 2.75) is 56.9 Å². The average Bonchev–Trinajstić information content (AvgIpc) is 3.11. The second-order valence-electron chi connectivity index (χ2n) is 8.30. The van der Waals surface area contributed by atoms with Crippen LogP contribution in [0.3, 0.4) is 0 Å². The number of aryl methyl sites for hydroxylation is 1. The van der Waals surface area contributed by atoms with Gasteiger partial charge in [0.25, 0.3) is 5.56 Å². The Morgan fingerprint density at radius 1 is 1.17 bits per heavy atom. The minimum Gasteiger partial charge on any atom is -0.367 e. The molecule has 5 rings (SSSR count).